The summed E-state index contributed by atoms with van der Waals surface area (Å²) in [4.78, 5) is 11.3. The molecule has 2 aromatic rings. The lowest BCUT2D eigenvalue weighted by atomic mass is 10.1. The van der Waals surface area contributed by atoms with Gasteiger partial charge >= 0.3 is 0 Å². The van der Waals surface area contributed by atoms with E-state index < -0.39 is 0 Å². The monoisotopic (exact) mass is 187 g/mol. The van der Waals surface area contributed by atoms with Crippen LogP contribution in [0.15, 0.2) is 30.5 Å². The highest BCUT2D eigenvalue weighted by Crippen LogP contribution is 2.20. The summed E-state index contributed by atoms with van der Waals surface area (Å²) in [6.07, 6.45) is 2.02. The number of Topliss-reactive ketones (excluding diaryl/α,β-unsaturated/α-hetero) is 1. The van der Waals surface area contributed by atoms with Crippen LogP contribution in [-0.4, -0.2) is 10.4 Å². The van der Waals surface area contributed by atoms with Crippen molar-refractivity contribution < 1.29 is 4.79 Å². The SMILES string of the molecule is CCn1ccc2c(C(C)=O)cccc21. The zero-order valence-corrected chi connectivity index (χ0v) is 8.45. The molecular weight excluding hydrogens is 174 g/mol. The smallest absolute Gasteiger partial charge is 0.160 e. The van der Waals surface area contributed by atoms with Crippen LogP contribution in [0.4, 0.5) is 0 Å². The van der Waals surface area contributed by atoms with Gasteiger partial charge in [0.15, 0.2) is 5.78 Å². The summed E-state index contributed by atoms with van der Waals surface area (Å²) in [7, 11) is 0. The van der Waals surface area contributed by atoms with Crippen LogP contribution in [-0.2, 0) is 6.54 Å². The van der Waals surface area contributed by atoms with E-state index in [4.69, 9.17) is 0 Å². The van der Waals surface area contributed by atoms with E-state index in [9.17, 15) is 4.79 Å². The molecule has 0 spiro atoms. The molecular formula is C12H13NO. The van der Waals surface area contributed by atoms with Crippen LogP contribution in [0.2, 0.25) is 0 Å². The van der Waals surface area contributed by atoms with Crippen molar-refractivity contribution in [2.45, 2.75) is 20.4 Å². The molecule has 14 heavy (non-hydrogen) atoms. The van der Waals surface area contributed by atoms with E-state index in [0.29, 0.717) is 0 Å². The number of hydrogen-bond donors (Lipinski definition) is 0. The highest BCUT2D eigenvalue weighted by Gasteiger charge is 2.07. The fourth-order valence-corrected chi connectivity index (χ4v) is 1.81. The maximum Gasteiger partial charge on any atom is 0.160 e. The largest absolute Gasteiger partial charge is 0.348 e. The summed E-state index contributed by atoms with van der Waals surface area (Å²) in [6.45, 7) is 4.64. The van der Waals surface area contributed by atoms with Crippen LogP contribution < -0.4 is 0 Å². The minimum absolute atomic E-state index is 0.129. The van der Waals surface area contributed by atoms with Gasteiger partial charge in [-0.3, -0.25) is 4.79 Å². The molecule has 2 heteroatoms. The van der Waals surface area contributed by atoms with E-state index >= 15 is 0 Å². The summed E-state index contributed by atoms with van der Waals surface area (Å²) in [6, 6.07) is 7.87. The van der Waals surface area contributed by atoms with Gasteiger partial charge in [-0.2, -0.15) is 0 Å². The van der Waals surface area contributed by atoms with Crippen molar-refractivity contribution in [2.24, 2.45) is 0 Å². The standard InChI is InChI=1S/C12H13NO/c1-3-13-8-7-11-10(9(2)14)5-4-6-12(11)13/h4-8H,3H2,1-2H3. The Balaban J connectivity index is 2.76. The Morgan fingerprint density at radius 3 is 2.79 bits per heavy atom. The fourth-order valence-electron chi connectivity index (χ4n) is 1.81. The molecule has 1 aromatic carbocycles. The quantitative estimate of drug-likeness (QED) is 0.662. The van der Waals surface area contributed by atoms with Crippen molar-refractivity contribution in [3.63, 3.8) is 0 Å². The van der Waals surface area contributed by atoms with E-state index in [1.54, 1.807) is 6.92 Å². The summed E-state index contributed by atoms with van der Waals surface area (Å²) in [5.74, 6) is 0.129. The summed E-state index contributed by atoms with van der Waals surface area (Å²) in [5.41, 5.74) is 1.95. The average molecular weight is 187 g/mol. The topological polar surface area (TPSA) is 22.0 Å². The minimum Gasteiger partial charge on any atom is -0.348 e. The van der Waals surface area contributed by atoms with Gasteiger partial charge < -0.3 is 4.57 Å². The first-order chi connectivity index (χ1) is 6.74. The molecule has 0 fully saturated rings. The normalized spacial score (nSPS) is 10.7. The molecule has 2 rings (SSSR count). The Morgan fingerprint density at radius 1 is 1.36 bits per heavy atom. The lowest BCUT2D eigenvalue weighted by molar-refractivity contribution is 0.101. The first kappa shape index (κ1) is 9.00. The molecule has 0 N–H and O–H groups in total. The van der Waals surface area contributed by atoms with E-state index in [1.165, 1.54) is 0 Å². The van der Waals surface area contributed by atoms with Crippen molar-refractivity contribution in [3.05, 3.63) is 36.0 Å². The molecule has 1 heterocycles. The number of aryl methyl sites for hydroxylation is 1. The number of ketones is 1. The number of benzene rings is 1. The maximum absolute atomic E-state index is 11.3. The number of hydrogen-bond acceptors (Lipinski definition) is 1. The van der Waals surface area contributed by atoms with Crippen molar-refractivity contribution in [2.75, 3.05) is 0 Å². The minimum atomic E-state index is 0.129. The highest BCUT2D eigenvalue weighted by molar-refractivity contribution is 6.06. The predicted molar refractivity (Wildman–Crippen MR) is 57.6 cm³/mol. The number of nitrogens with zero attached hydrogens (tertiary/aromatic N) is 1. The van der Waals surface area contributed by atoms with Gasteiger partial charge in [-0.05, 0) is 26.0 Å². The van der Waals surface area contributed by atoms with E-state index in [2.05, 4.69) is 11.5 Å². The van der Waals surface area contributed by atoms with Gasteiger partial charge in [-0.25, -0.2) is 0 Å². The molecule has 0 aliphatic rings. The second-order valence-electron chi connectivity index (χ2n) is 3.40. The first-order valence-electron chi connectivity index (χ1n) is 4.83. The lowest BCUT2D eigenvalue weighted by Crippen LogP contribution is -1.94. The fraction of sp³-hybridized carbons (Fsp3) is 0.250. The third kappa shape index (κ3) is 1.23. The van der Waals surface area contributed by atoms with E-state index in [-0.39, 0.29) is 5.78 Å². The Bertz CT molecular complexity index is 482. The number of rotatable bonds is 2. The summed E-state index contributed by atoms with van der Waals surface area (Å²) in [5, 5.41) is 1.06. The van der Waals surface area contributed by atoms with Gasteiger partial charge in [0.2, 0.25) is 0 Å². The van der Waals surface area contributed by atoms with E-state index in [1.807, 2.05) is 30.5 Å². The third-order valence-corrected chi connectivity index (χ3v) is 2.53. The lowest BCUT2D eigenvalue weighted by Gasteiger charge is -2.02. The van der Waals surface area contributed by atoms with Gasteiger partial charge in [-0.15, -0.1) is 0 Å². The molecule has 0 aliphatic heterocycles. The number of carbonyl (C=O) groups is 1. The average Bonchev–Trinajstić information content (AvgIpc) is 2.59. The van der Waals surface area contributed by atoms with Gasteiger partial charge in [0.25, 0.3) is 0 Å². The molecule has 1 aromatic heterocycles. The predicted octanol–water partition coefficient (Wildman–Crippen LogP) is 2.86. The summed E-state index contributed by atoms with van der Waals surface area (Å²) < 4.78 is 2.14. The molecule has 0 atom stereocenters. The number of aromatic nitrogens is 1. The highest BCUT2D eigenvalue weighted by atomic mass is 16.1. The Kier molecular flexibility index (Phi) is 2.12. The zero-order valence-electron chi connectivity index (χ0n) is 8.45. The third-order valence-electron chi connectivity index (χ3n) is 2.53. The first-order valence-corrected chi connectivity index (χ1v) is 4.83. The molecule has 72 valence electrons. The Morgan fingerprint density at radius 2 is 2.14 bits per heavy atom. The maximum atomic E-state index is 11.3. The molecule has 0 bridgehead atoms. The number of carbonyl (C=O) groups excluding carboxylic acids is 1. The van der Waals surface area contributed by atoms with Crippen LogP contribution in [0, 0.1) is 0 Å². The number of fused-ring (bicyclic) bond motifs is 1. The van der Waals surface area contributed by atoms with Crippen LogP contribution in [0.3, 0.4) is 0 Å². The van der Waals surface area contributed by atoms with Crippen LogP contribution >= 0.6 is 0 Å². The summed E-state index contributed by atoms with van der Waals surface area (Å²) >= 11 is 0. The molecule has 0 saturated heterocycles. The van der Waals surface area contributed by atoms with Gasteiger partial charge in [0, 0.05) is 29.2 Å². The molecule has 2 nitrogen and oxygen atoms in total. The van der Waals surface area contributed by atoms with Crippen molar-refractivity contribution >= 4 is 16.7 Å². The molecule has 0 radical (unpaired) electrons. The van der Waals surface area contributed by atoms with E-state index in [0.717, 1.165) is 23.0 Å². The molecule has 0 saturated carbocycles. The van der Waals surface area contributed by atoms with Crippen LogP contribution in [0.1, 0.15) is 24.2 Å². The van der Waals surface area contributed by atoms with Crippen molar-refractivity contribution in [1.82, 2.24) is 4.57 Å². The molecule has 0 amide bonds. The Labute approximate surface area is 83.2 Å². The molecule has 0 unspecified atom stereocenters. The zero-order chi connectivity index (χ0) is 10.1. The van der Waals surface area contributed by atoms with Gasteiger partial charge in [-0.1, -0.05) is 12.1 Å². The van der Waals surface area contributed by atoms with Gasteiger partial charge in [0.1, 0.15) is 0 Å². The van der Waals surface area contributed by atoms with Crippen molar-refractivity contribution in [1.29, 1.82) is 0 Å². The van der Waals surface area contributed by atoms with Crippen LogP contribution in [0.25, 0.3) is 10.9 Å². The second-order valence-corrected chi connectivity index (χ2v) is 3.40. The van der Waals surface area contributed by atoms with Gasteiger partial charge in [0.05, 0.1) is 0 Å². The van der Waals surface area contributed by atoms with Crippen molar-refractivity contribution in [3.8, 4) is 0 Å². The second kappa shape index (κ2) is 3.29. The molecule has 0 aliphatic carbocycles. The Hall–Kier alpha value is -1.57. The van der Waals surface area contributed by atoms with Crippen LogP contribution in [0.5, 0.6) is 0 Å².